The number of nitrogens with two attached hydrogens (primary N) is 1. The van der Waals surface area contributed by atoms with Crippen LogP contribution in [0.5, 0.6) is 0 Å². The lowest BCUT2D eigenvalue weighted by Gasteiger charge is -2.22. The van der Waals surface area contributed by atoms with Gasteiger partial charge in [-0.05, 0) is 19.3 Å². The van der Waals surface area contributed by atoms with Crippen LogP contribution in [0.4, 0.5) is 11.8 Å². The molecule has 0 radical (unpaired) electrons. The quantitative estimate of drug-likeness (QED) is 0.796. The van der Waals surface area contributed by atoms with Crippen molar-refractivity contribution in [1.82, 2.24) is 9.97 Å². The lowest BCUT2D eigenvalue weighted by Crippen LogP contribution is -2.25. The maximum Gasteiger partial charge on any atom is 0.221 e. The van der Waals surface area contributed by atoms with Crippen LogP contribution in [0, 0.1) is 12.8 Å². The first kappa shape index (κ1) is 11.8. The third-order valence-electron chi connectivity index (χ3n) is 2.56. The van der Waals surface area contributed by atoms with E-state index in [2.05, 4.69) is 36.1 Å². The fraction of sp³-hybridized carbons (Fsp3) is 0.636. The van der Waals surface area contributed by atoms with Crippen molar-refractivity contribution in [2.24, 2.45) is 5.92 Å². The molecule has 1 aromatic rings. The number of hydrogen-bond donors (Lipinski definition) is 2. The van der Waals surface area contributed by atoms with Gasteiger partial charge in [-0.1, -0.05) is 20.8 Å². The predicted octanol–water partition coefficient (Wildman–Crippen LogP) is 2.21. The molecular weight excluding hydrogens is 188 g/mol. The van der Waals surface area contributed by atoms with Gasteiger partial charge in [-0.3, -0.25) is 0 Å². The molecule has 1 atom stereocenters. The summed E-state index contributed by atoms with van der Waals surface area (Å²) in [6.45, 7) is 8.54. The molecule has 3 N–H and O–H groups in total. The molecule has 1 heterocycles. The van der Waals surface area contributed by atoms with Crippen LogP contribution in [0.2, 0.25) is 0 Å². The van der Waals surface area contributed by atoms with Crippen molar-refractivity contribution in [1.29, 1.82) is 0 Å². The van der Waals surface area contributed by atoms with Crippen LogP contribution in [-0.4, -0.2) is 16.0 Å². The minimum absolute atomic E-state index is 0.321. The Balaban J connectivity index is 2.82. The molecule has 1 rings (SSSR count). The standard InChI is InChI=1S/C11H20N4/c1-5-9(7(2)3)14-10-8(4)6-13-11(12)15-10/h6-7,9H,5H2,1-4H3,(H3,12,13,14,15). The van der Waals surface area contributed by atoms with E-state index < -0.39 is 0 Å². The van der Waals surface area contributed by atoms with Gasteiger partial charge >= 0.3 is 0 Å². The van der Waals surface area contributed by atoms with Crippen LogP contribution >= 0.6 is 0 Å². The predicted molar refractivity (Wildman–Crippen MR) is 63.7 cm³/mol. The highest BCUT2D eigenvalue weighted by atomic mass is 15.1. The first-order valence-electron chi connectivity index (χ1n) is 5.40. The van der Waals surface area contributed by atoms with Crippen LogP contribution in [0.25, 0.3) is 0 Å². The molecule has 0 aliphatic carbocycles. The van der Waals surface area contributed by atoms with Crippen LogP contribution in [0.3, 0.4) is 0 Å². The zero-order valence-electron chi connectivity index (χ0n) is 9.91. The van der Waals surface area contributed by atoms with Crippen LogP contribution < -0.4 is 11.1 Å². The average molecular weight is 208 g/mol. The topological polar surface area (TPSA) is 63.8 Å². The number of hydrogen-bond acceptors (Lipinski definition) is 4. The molecule has 0 aliphatic rings. The van der Waals surface area contributed by atoms with Gasteiger partial charge in [-0.2, -0.15) is 4.98 Å². The number of rotatable bonds is 4. The average Bonchev–Trinajstić information content (AvgIpc) is 2.18. The van der Waals surface area contributed by atoms with Crippen molar-refractivity contribution in [3.05, 3.63) is 11.8 Å². The van der Waals surface area contributed by atoms with Crippen LogP contribution in [0.15, 0.2) is 6.20 Å². The van der Waals surface area contributed by atoms with Crippen molar-refractivity contribution in [2.45, 2.75) is 40.2 Å². The van der Waals surface area contributed by atoms with Gasteiger partial charge < -0.3 is 11.1 Å². The summed E-state index contributed by atoms with van der Waals surface area (Å²) in [5.41, 5.74) is 6.59. The number of nitrogens with one attached hydrogen (secondary N) is 1. The molecule has 0 saturated heterocycles. The molecule has 0 saturated carbocycles. The van der Waals surface area contributed by atoms with E-state index in [1.807, 2.05) is 6.92 Å². The second-order valence-electron chi connectivity index (χ2n) is 4.16. The molecule has 0 bridgehead atoms. The van der Waals surface area contributed by atoms with Gasteiger partial charge in [0.15, 0.2) is 0 Å². The second kappa shape index (κ2) is 4.96. The van der Waals surface area contributed by atoms with E-state index in [1.165, 1.54) is 0 Å². The molecule has 0 aromatic carbocycles. The first-order valence-corrected chi connectivity index (χ1v) is 5.40. The Morgan fingerprint density at radius 3 is 2.67 bits per heavy atom. The number of aromatic nitrogens is 2. The van der Waals surface area contributed by atoms with Gasteiger partial charge in [0.25, 0.3) is 0 Å². The smallest absolute Gasteiger partial charge is 0.221 e. The van der Waals surface area contributed by atoms with Gasteiger partial charge in [0, 0.05) is 17.8 Å². The van der Waals surface area contributed by atoms with Crippen molar-refractivity contribution in [3.63, 3.8) is 0 Å². The Morgan fingerprint density at radius 1 is 1.47 bits per heavy atom. The molecule has 4 heteroatoms. The third-order valence-corrected chi connectivity index (χ3v) is 2.56. The van der Waals surface area contributed by atoms with Gasteiger partial charge in [-0.25, -0.2) is 4.98 Å². The summed E-state index contributed by atoms with van der Waals surface area (Å²) in [5, 5.41) is 3.41. The zero-order valence-corrected chi connectivity index (χ0v) is 9.91. The molecule has 4 nitrogen and oxygen atoms in total. The number of anilines is 2. The second-order valence-corrected chi connectivity index (χ2v) is 4.16. The summed E-state index contributed by atoms with van der Waals surface area (Å²) >= 11 is 0. The molecule has 0 spiro atoms. The molecule has 0 aliphatic heterocycles. The van der Waals surface area contributed by atoms with Crippen molar-refractivity contribution in [2.75, 3.05) is 11.1 Å². The van der Waals surface area contributed by atoms with Gasteiger partial charge in [0.05, 0.1) is 0 Å². The Bertz CT molecular complexity index is 322. The Labute approximate surface area is 91.3 Å². The van der Waals surface area contributed by atoms with E-state index in [4.69, 9.17) is 5.73 Å². The normalized spacial score (nSPS) is 12.9. The highest BCUT2D eigenvalue weighted by molar-refractivity contribution is 5.45. The Hall–Kier alpha value is -1.32. The molecule has 15 heavy (non-hydrogen) atoms. The van der Waals surface area contributed by atoms with E-state index in [0.717, 1.165) is 17.8 Å². The Kier molecular flexibility index (Phi) is 3.88. The largest absolute Gasteiger partial charge is 0.368 e. The van der Waals surface area contributed by atoms with Crippen molar-refractivity contribution >= 4 is 11.8 Å². The van der Waals surface area contributed by atoms with E-state index in [-0.39, 0.29) is 0 Å². The van der Waals surface area contributed by atoms with E-state index >= 15 is 0 Å². The highest BCUT2D eigenvalue weighted by Gasteiger charge is 2.12. The van der Waals surface area contributed by atoms with Crippen molar-refractivity contribution < 1.29 is 0 Å². The van der Waals surface area contributed by atoms with E-state index in [1.54, 1.807) is 6.20 Å². The number of nitrogens with zero attached hydrogens (tertiary/aromatic N) is 2. The summed E-state index contributed by atoms with van der Waals surface area (Å²) in [7, 11) is 0. The first-order chi connectivity index (χ1) is 7.04. The maximum absolute atomic E-state index is 5.56. The monoisotopic (exact) mass is 208 g/mol. The third kappa shape index (κ3) is 3.08. The fourth-order valence-corrected chi connectivity index (χ4v) is 1.52. The lowest BCUT2D eigenvalue weighted by molar-refractivity contribution is 0.509. The van der Waals surface area contributed by atoms with Crippen LogP contribution in [0.1, 0.15) is 32.8 Å². The summed E-state index contributed by atoms with van der Waals surface area (Å²) in [6.07, 6.45) is 2.82. The Morgan fingerprint density at radius 2 is 2.13 bits per heavy atom. The number of aryl methyl sites for hydroxylation is 1. The van der Waals surface area contributed by atoms with Gasteiger partial charge in [0.2, 0.25) is 5.95 Å². The molecule has 0 fully saturated rings. The molecule has 84 valence electrons. The van der Waals surface area contributed by atoms with Gasteiger partial charge in [0.1, 0.15) is 5.82 Å². The van der Waals surface area contributed by atoms with E-state index in [0.29, 0.717) is 17.9 Å². The lowest BCUT2D eigenvalue weighted by atomic mass is 10.0. The zero-order chi connectivity index (χ0) is 11.4. The molecule has 1 aromatic heterocycles. The minimum Gasteiger partial charge on any atom is -0.368 e. The van der Waals surface area contributed by atoms with Crippen molar-refractivity contribution in [3.8, 4) is 0 Å². The summed E-state index contributed by atoms with van der Waals surface area (Å²) in [6, 6.07) is 0.429. The van der Waals surface area contributed by atoms with E-state index in [9.17, 15) is 0 Å². The SMILES string of the molecule is CCC(Nc1nc(N)ncc1C)C(C)C. The molecule has 0 amide bonds. The van der Waals surface area contributed by atoms with Crippen LogP contribution in [-0.2, 0) is 0 Å². The maximum atomic E-state index is 5.56. The minimum atomic E-state index is 0.321. The summed E-state index contributed by atoms with van der Waals surface area (Å²) in [4.78, 5) is 8.14. The molecular formula is C11H20N4. The molecule has 1 unspecified atom stereocenters. The van der Waals surface area contributed by atoms with Gasteiger partial charge in [-0.15, -0.1) is 0 Å². The summed E-state index contributed by atoms with van der Waals surface area (Å²) < 4.78 is 0. The number of nitrogen functional groups attached to an aromatic ring is 1. The fourth-order valence-electron chi connectivity index (χ4n) is 1.52. The summed E-state index contributed by atoms with van der Waals surface area (Å²) in [5.74, 6) is 1.75. The highest BCUT2D eigenvalue weighted by Crippen LogP contribution is 2.16.